The number of aromatic nitrogens is 1. The van der Waals surface area contributed by atoms with Crippen LogP contribution in [0.15, 0.2) is 21.7 Å². The van der Waals surface area contributed by atoms with Gasteiger partial charge in [0, 0.05) is 16.2 Å². The zero-order valence-electron chi connectivity index (χ0n) is 5.51. The molecular weight excluding hydrogens is 319 g/mol. The first-order valence-electron chi connectivity index (χ1n) is 3.12. The summed E-state index contributed by atoms with van der Waals surface area (Å²) in [6.45, 7) is 0.737. The lowest BCUT2D eigenvalue weighted by Gasteiger charge is -1.96. The highest BCUT2D eigenvalue weighted by Gasteiger charge is 2.13. The molecule has 0 saturated heterocycles. The molecule has 0 aliphatic carbocycles. The highest BCUT2D eigenvalue weighted by molar-refractivity contribution is 14.1. The van der Waals surface area contributed by atoms with E-state index >= 15 is 0 Å². The summed E-state index contributed by atoms with van der Waals surface area (Å²) in [5.41, 5.74) is 2.25. The van der Waals surface area contributed by atoms with Gasteiger partial charge in [-0.3, -0.25) is 9.98 Å². The molecule has 0 atom stereocenters. The molecule has 0 N–H and O–H groups in total. The fraction of sp³-hybridized carbons (Fsp3) is 0.143. The Labute approximate surface area is 86.4 Å². The molecule has 0 saturated carbocycles. The number of hydrogen-bond donors (Lipinski definition) is 0. The van der Waals surface area contributed by atoms with E-state index in [1.54, 1.807) is 0 Å². The Balaban J connectivity index is 2.60. The molecule has 2 heterocycles. The van der Waals surface area contributed by atoms with Gasteiger partial charge in [-0.1, -0.05) is 0 Å². The van der Waals surface area contributed by atoms with Gasteiger partial charge in [-0.15, -0.1) is 0 Å². The largest absolute Gasteiger partial charge is 0.272 e. The van der Waals surface area contributed by atoms with Gasteiger partial charge in [0.15, 0.2) is 0 Å². The molecular formula is C7H4BrIN2. The average Bonchev–Trinajstić information content (AvgIpc) is 2.33. The number of aliphatic imine (C=N–C) groups is 1. The van der Waals surface area contributed by atoms with Crippen molar-refractivity contribution < 1.29 is 0 Å². The molecule has 0 radical (unpaired) electrons. The first kappa shape index (κ1) is 7.67. The van der Waals surface area contributed by atoms with E-state index < -0.39 is 0 Å². The Hall–Kier alpha value is 0.0300. The number of hydrogen-bond acceptors (Lipinski definition) is 2. The number of halogens is 2. The molecule has 56 valence electrons. The number of pyridine rings is 1. The minimum absolute atomic E-state index is 0.737. The zero-order chi connectivity index (χ0) is 7.84. The summed E-state index contributed by atoms with van der Waals surface area (Å²) in [6, 6.07) is 2.06. The second-order valence-corrected chi connectivity index (χ2v) is 4.19. The van der Waals surface area contributed by atoms with E-state index in [4.69, 9.17) is 0 Å². The van der Waals surface area contributed by atoms with Gasteiger partial charge < -0.3 is 0 Å². The summed E-state index contributed by atoms with van der Waals surface area (Å²) in [4.78, 5) is 8.51. The van der Waals surface area contributed by atoms with Crippen LogP contribution in [0.25, 0.3) is 0 Å². The monoisotopic (exact) mass is 322 g/mol. The molecule has 2 nitrogen and oxygen atoms in total. The van der Waals surface area contributed by atoms with Gasteiger partial charge in [-0.05, 0) is 44.6 Å². The van der Waals surface area contributed by atoms with Crippen LogP contribution in [-0.2, 0) is 6.54 Å². The molecule has 0 amide bonds. The molecule has 1 aromatic rings. The second-order valence-electron chi connectivity index (χ2n) is 2.25. The normalized spacial score (nSPS) is 14.5. The van der Waals surface area contributed by atoms with Crippen LogP contribution >= 0.6 is 38.5 Å². The maximum absolute atomic E-state index is 4.27. The average molecular weight is 323 g/mol. The first-order chi connectivity index (χ1) is 5.27. The second kappa shape index (κ2) is 2.82. The Kier molecular flexibility index (Phi) is 1.97. The van der Waals surface area contributed by atoms with Gasteiger partial charge in [0.25, 0.3) is 0 Å². The van der Waals surface area contributed by atoms with E-state index in [2.05, 4.69) is 54.6 Å². The molecule has 0 fully saturated rings. The predicted molar refractivity (Wildman–Crippen MR) is 56.2 cm³/mol. The van der Waals surface area contributed by atoms with E-state index in [-0.39, 0.29) is 0 Å². The lowest BCUT2D eigenvalue weighted by Crippen LogP contribution is -1.91. The predicted octanol–water partition coefficient (Wildman–Crippen LogP) is 2.54. The summed E-state index contributed by atoms with van der Waals surface area (Å²) in [6.07, 6.45) is 1.81. The highest BCUT2D eigenvalue weighted by Crippen LogP contribution is 2.23. The molecule has 1 aliphatic heterocycles. The van der Waals surface area contributed by atoms with Crippen LogP contribution in [0, 0.1) is 0 Å². The Morgan fingerprint density at radius 3 is 3.18 bits per heavy atom. The maximum atomic E-state index is 4.27. The molecule has 4 heteroatoms. The van der Waals surface area contributed by atoms with Crippen LogP contribution in [0.3, 0.4) is 0 Å². The van der Waals surface area contributed by atoms with Crippen molar-refractivity contribution in [2.24, 2.45) is 4.99 Å². The van der Waals surface area contributed by atoms with Crippen molar-refractivity contribution in [3.8, 4) is 0 Å². The highest BCUT2D eigenvalue weighted by atomic mass is 127. The molecule has 11 heavy (non-hydrogen) atoms. The fourth-order valence-corrected chi connectivity index (χ4v) is 1.97. The molecule has 1 aromatic heterocycles. The van der Waals surface area contributed by atoms with Gasteiger partial charge in [-0.25, -0.2) is 0 Å². The van der Waals surface area contributed by atoms with Crippen molar-refractivity contribution in [2.45, 2.75) is 6.54 Å². The number of nitrogens with zero attached hydrogens (tertiary/aromatic N) is 2. The van der Waals surface area contributed by atoms with E-state index in [1.807, 2.05) is 6.20 Å². The third kappa shape index (κ3) is 1.33. The van der Waals surface area contributed by atoms with Crippen LogP contribution in [0.5, 0.6) is 0 Å². The third-order valence-electron chi connectivity index (χ3n) is 1.53. The van der Waals surface area contributed by atoms with Crippen LogP contribution in [0.4, 0.5) is 0 Å². The Bertz CT molecular complexity index is 335. The van der Waals surface area contributed by atoms with Gasteiger partial charge in [0.2, 0.25) is 0 Å². The van der Waals surface area contributed by atoms with Crippen molar-refractivity contribution in [2.75, 3.05) is 0 Å². The Morgan fingerprint density at radius 2 is 2.36 bits per heavy atom. The van der Waals surface area contributed by atoms with Crippen LogP contribution in [0.2, 0.25) is 0 Å². The summed E-state index contributed by atoms with van der Waals surface area (Å²) < 4.78 is 2.08. The third-order valence-corrected chi connectivity index (χ3v) is 2.88. The minimum atomic E-state index is 0.737. The summed E-state index contributed by atoms with van der Waals surface area (Å²) in [7, 11) is 0. The van der Waals surface area contributed by atoms with Crippen LogP contribution < -0.4 is 0 Å². The minimum Gasteiger partial charge on any atom is -0.272 e. The van der Waals surface area contributed by atoms with Gasteiger partial charge in [0.1, 0.15) is 3.72 Å². The van der Waals surface area contributed by atoms with E-state index in [9.17, 15) is 0 Å². The Morgan fingerprint density at radius 1 is 1.55 bits per heavy atom. The standard InChI is InChI=1S/C7H4BrIN2/c8-4-1-5-6(10-2-4)3-11-7(5)9/h1-2H,3H2. The molecule has 0 aromatic carbocycles. The van der Waals surface area contributed by atoms with Gasteiger partial charge >= 0.3 is 0 Å². The van der Waals surface area contributed by atoms with E-state index in [0.717, 1.165) is 20.4 Å². The molecule has 1 aliphatic rings. The summed E-state index contributed by atoms with van der Waals surface area (Å²) >= 11 is 5.60. The molecule has 2 rings (SSSR count). The molecule has 0 spiro atoms. The van der Waals surface area contributed by atoms with E-state index in [1.165, 1.54) is 5.56 Å². The van der Waals surface area contributed by atoms with E-state index in [0.29, 0.717) is 0 Å². The van der Waals surface area contributed by atoms with Gasteiger partial charge in [0.05, 0.1) is 12.2 Å². The summed E-state index contributed by atoms with van der Waals surface area (Å²) in [5, 5.41) is 0. The topological polar surface area (TPSA) is 25.2 Å². The summed E-state index contributed by atoms with van der Waals surface area (Å²) in [5.74, 6) is 0. The van der Waals surface area contributed by atoms with Crippen molar-refractivity contribution >= 4 is 42.2 Å². The zero-order valence-corrected chi connectivity index (χ0v) is 9.26. The van der Waals surface area contributed by atoms with Crippen LogP contribution in [0.1, 0.15) is 11.3 Å². The van der Waals surface area contributed by atoms with Crippen molar-refractivity contribution in [1.82, 2.24) is 4.98 Å². The van der Waals surface area contributed by atoms with Crippen molar-refractivity contribution in [3.63, 3.8) is 0 Å². The quantitative estimate of drug-likeness (QED) is 0.674. The van der Waals surface area contributed by atoms with Crippen molar-refractivity contribution in [3.05, 3.63) is 28.0 Å². The first-order valence-corrected chi connectivity index (χ1v) is 4.99. The number of rotatable bonds is 0. The molecule has 0 bridgehead atoms. The molecule has 0 unspecified atom stereocenters. The van der Waals surface area contributed by atoms with Crippen LogP contribution in [-0.4, -0.2) is 8.70 Å². The maximum Gasteiger partial charge on any atom is 0.105 e. The number of fused-ring (bicyclic) bond motifs is 1. The lowest BCUT2D eigenvalue weighted by atomic mass is 10.2. The lowest BCUT2D eigenvalue weighted by molar-refractivity contribution is 1.02. The smallest absolute Gasteiger partial charge is 0.105 e. The fourth-order valence-electron chi connectivity index (χ4n) is 1.00. The van der Waals surface area contributed by atoms with Crippen molar-refractivity contribution in [1.29, 1.82) is 0 Å². The van der Waals surface area contributed by atoms with Gasteiger partial charge in [-0.2, -0.15) is 0 Å². The SMILES string of the molecule is Brc1cnc2c(c1)C(I)=NC2.